The van der Waals surface area contributed by atoms with Gasteiger partial charge in [-0.25, -0.2) is 0 Å². The Bertz CT molecular complexity index is 416. The van der Waals surface area contributed by atoms with Crippen molar-refractivity contribution in [2.75, 3.05) is 13.1 Å². The van der Waals surface area contributed by atoms with Crippen LogP contribution in [0.15, 0.2) is 22.7 Å². The number of carbonyl (C=O) groups is 1. The predicted molar refractivity (Wildman–Crippen MR) is 72.2 cm³/mol. The van der Waals surface area contributed by atoms with Gasteiger partial charge in [0, 0.05) is 23.6 Å². The normalized spacial score (nSPS) is 14.7. The highest BCUT2D eigenvalue weighted by Gasteiger charge is 2.19. The van der Waals surface area contributed by atoms with E-state index in [2.05, 4.69) is 26.6 Å². The Morgan fingerprint density at radius 3 is 2.88 bits per heavy atom. The van der Waals surface area contributed by atoms with Gasteiger partial charge in [0.1, 0.15) is 0 Å². The molecule has 1 aromatic carbocycles. The lowest BCUT2D eigenvalue weighted by Gasteiger charge is -2.08. The molecule has 1 aliphatic rings. The molecule has 3 nitrogen and oxygen atoms in total. The average Bonchev–Trinajstić information content (AvgIpc) is 3.12. The number of hydrogen-bond donors (Lipinski definition) is 2. The van der Waals surface area contributed by atoms with E-state index in [-0.39, 0.29) is 5.91 Å². The number of carbonyl (C=O) groups excluding carboxylic acids is 1. The smallest absolute Gasteiger partial charge is 0.252 e. The van der Waals surface area contributed by atoms with Crippen LogP contribution in [0.4, 0.5) is 0 Å². The molecule has 0 aliphatic heterocycles. The summed E-state index contributed by atoms with van der Waals surface area (Å²) in [6.07, 6.45) is 2.55. The van der Waals surface area contributed by atoms with Crippen LogP contribution in [0.2, 0.25) is 0 Å². The van der Waals surface area contributed by atoms with E-state index in [1.165, 1.54) is 12.8 Å². The minimum absolute atomic E-state index is 0.0156. The van der Waals surface area contributed by atoms with Gasteiger partial charge in [0.2, 0.25) is 0 Å². The number of benzene rings is 1. The van der Waals surface area contributed by atoms with Gasteiger partial charge in [0.25, 0.3) is 5.91 Å². The third kappa shape index (κ3) is 3.54. The van der Waals surface area contributed by atoms with Gasteiger partial charge in [-0.3, -0.25) is 4.79 Å². The van der Waals surface area contributed by atoms with Crippen molar-refractivity contribution in [2.45, 2.75) is 25.8 Å². The summed E-state index contributed by atoms with van der Waals surface area (Å²) in [5.74, 6) is -0.0156. The van der Waals surface area contributed by atoms with E-state index >= 15 is 0 Å². The molecule has 0 bridgehead atoms. The van der Waals surface area contributed by atoms with Crippen molar-refractivity contribution in [1.82, 2.24) is 10.6 Å². The fourth-order valence-electron chi connectivity index (χ4n) is 1.66. The molecular weight excluding hydrogens is 280 g/mol. The molecule has 0 spiro atoms. The van der Waals surface area contributed by atoms with Crippen LogP contribution in [0.3, 0.4) is 0 Å². The first kappa shape index (κ1) is 12.6. The van der Waals surface area contributed by atoms with Crippen molar-refractivity contribution in [2.24, 2.45) is 0 Å². The number of amides is 1. The van der Waals surface area contributed by atoms with Gasteiger partial charge in [-0.05, 0) is 47.3 Å². The van der Waals surface area contributed by atoms with Gasteiger partial charge in [-0.15, -0.1) is 0 Å². The highest BCUT2D eigenvalue weighted by Crippen LogP contribution is 2.20. The zero-order chi connectivity index (χ0) is 12.3. The molecule has 1 aliphatic carbocycles. The average molecular weight is 297 g/mol. The third-order valence-electron chi connectivity index (χ3n) is 2.86. The molecule has 4 heteroatoms. The first-order chi connectivity index (χ1) is 8.18. The van der Waals surface area contributed by atoms with Gasteiger partial charge < -0.3 is 10.6 Å². The van der Waals surface area contributed by atoms with Crippen LogP contribution in [0.5, 0.6) is 0 Å². The first-order valence-corrected chi connectivity index (χ1v) is 6.74. The van der Waals surface area contributed by atoms with Crippen molar-refractivity contribution in [3.8, 4) is 0 Å². The minimum atomic E-state index is -0.0156. The van der Waals surface area contributed by atoms with Crippen LogP contribution < -0.4 is 10.6 Å². The number of hydrogen-bond acceptors (Lipinski definition) is 2. The van der Waals surface area contributed by atoms with E-state index in [4.69, 9.17) is 0 Å². The highest BCUT2D eigenvalue weighted by atomic mass is 79.9. The zero-order valence-corrected chi connectivity index (χ0v) is 11.5. The van der Waals surface area contributed by atoms with Crippen molar-refractivity contribution in [3.05, 3.63) is 33.8 Å². The molecule has 1 saturated carbocycles. The monoisotopic (exact) mass is 296 g/mol. The number of nitrogens with one attached hydrogen (secondary N) is 2. The Labute approximate surface area is 110 Å². The molecule has 0 heterocycles. The van der Waals surface area contributed by atoms with E-state index in [0.29, 0.717) is 18.2 Å². The lowest BCUT2D eigenvalue weighted by atomic mass is 10.1. The van der Waals surface area contributed by atoms with E-state index in [1.54, 1.807) is 0 Å². The quantitative estimate of drug-likeness (QED) is 0.818. The van der Waals surface area contributed by atoms with Crippen LogP contribution in [-0.2, 0) is 0 Å². The molecule has 2 rings (SSSR count). The largest absolute Gasteiger partial charge is 0.351 e. The summed E-state index contributed by atoms with van der Waals surface area (Å²) >= 11 is 3.45. The highest BCUT2D eigenvalue weighted by molar-refractivity contribution is 9.10. The molecule has 0 saturated heterocycles. The maximum absolute atomic E-state index is 11.9. The van der Waals surface area contributed by atoms with E-state index in [1.807, 2.05) is 25.1 Å². The SMILES string of the molecule is Cc1cccc(C(=O)NCCNC2CC2)c1Br. The Balaban J connectivity index is 1.83. The zero-order valence-electron chi connectivity index (χ0n) is 9.92. The Morgan fingerprint density at radius 1 is 1.41 bits per heavy atom. The fraction of sp³-hybridized carbons (Fsp3) is 0.462. The Hall–Kier alpha value is -0.870. The van der Waals surface area contributed by atoms with E-state index < -0.39 is 0 Å². The summed E-state index contributed by atoms with van der Waals surface area (Å²) in [4.78, 5) is 11.9. The summed E-state index contributed by atoms with van der Waals surface area (Å²) < 4.78 is 0.882. The summed E-state index contributed by atoms with van der Waals surface area (Å²) in [6.45, 7) is 3.51. The van der Waals surface area contributed by atoms with Crippen LogP contribution in [0, 0.1) is 6.92 Å². The summed E-state index contributed by atoms with van der Waals surface area (Å²) in [5, 5.41) is 6.28. The van der Waals surface area contributed by atoms with Gasteiger partial charge in [0.05, 0.1) is 5.56 Å². The summed E-state index contributed by atoms with van der Waals surface area (Å²) in [6, 6.07) is 6.41. The van der Waals surface area contributed by atoms with Gasteiger partial charge in [-0.2, -0.15) is 0 Å². The van der Waals surface area contributed by atoms with Gasteiger partial charge in [-0.1, -0.05) is 12.1 Å². The van der Waals surface area contributed by atoms with Crippen LogP contribution >= 0.6 is 15.9 Å². The molecule has 0 unspecified atom stereocenters. The Morgan fingerprint density at radius 2 is 2.18 bits per heavy atom. The minimum Gasteiger partial charge on any atom is -0.351 e. The molecule has 1 amide bonds. The van der Waals surface area contributed by atoms with Crippen LogP contribution in [0.1, 0.15) is 28.8 Å². The lowest BCUT2D eigenvalue weighted by molar-refractivity contribution is 0.0953. The topological polar surface area (TPSA) is 41.1 Å². The molecule has 0 radical (unpaired) electrons. The second kappa shape index (κ2) is 5.65. The third-order valence-corrected chi connectivity index (χ3v) is 3.91. The number of aryl methyl sites for hydroxylation is 1. The second-order valence-electron chi connectivity index (χ2n) is 4.42. The van der Waals surface area contributed by atoms with E-state index in [9.17, 15) is 4.79 Å². The van der Waals surface area contributed by atoms with E-state index in [0.717, 1.165) is 16.6 Å². The molecule has 17 heavy (non-hydrogen) atoms. The molecular formula is C13H17BrN2O. The molecule has 1 aromatic rings. The maximum atomic E-state index is 11.9. The standard InChI is InChI=1S/C13H17BrN2O/c1-9-3-2-4-11(12(9)14)13(17)16-8-7-15-10-5-6-10/h2-4,10,15H,5-8H2,1H3,(H,16,17). The van der Waals surface area contributed by atoms with Gasteiger partial charge >= 0.3 is 0 Å². The van der Waals surface area contributed by atoms with Crippen molar-refractivity contribution in [3.63, 3.8) is 0 Å². The number of halogens is 1. The first-order valence-electron chi connectivity index (χ1n) is 5.95. The predicted octanol–water partition coefficient (Wildman–Crippen LogP) is 2.24. The van der Waals surface area contributed by atoms with Crippen molar-refractivity contribution in [1.29, 1.82) is 0 Å². The molecule has 1 fully saturated rings. The summed E-state index contributed by atoms with van der Waals surface area (Å²) in [5.41, 5.74) is 1.78. The second-order valence-corrected chi connectivity index (χ2v) is 5.21. The summed E-state index contributed by atoms with van der Waals surface area (Å²) in [7, 11) is 0. The van der Waals surface area contributed by atoms with Crippen LogP contribution in [-0.4, -0.2) is 25.0 Å². The van der Waals surface area contributed by atoms with Crippen molar-refractivity contribution >= 4 is 21.8 Å². The lowest BCUT2D eigenvalue weighted by Crippen LogP contribution is -2.32. The Kier molecular flexibility index (Phi) is 4.18. The van der Waals surface area contributed by atoms with Gasteiger partial charge in [0.15, 0.2) is 0 Å². The fourth-order valence-corrected chi connectivity index (χ4v) is 2.10. The van der Waals surface area contributed by atoms with Crippen LogP contribution in [0.25, 0.3) is 0 Å². The molecule has 2 N–H and O–H groups in total. The van der Waals surface area contributed by atoms with Crippen molar-refractivity contribution < 1.29 is 4.79 Å². The maximum Gasteiger partial charge on any atom is 0.252 e. The molecule has 0 atom stereocenters. The molecule has 0 aromatic heterocycles. The molecule has 92 valence electrons. The number of rotatable bonds is 5.